The number of hydrogen-bond donors (Lipinski definition) is 2. The van der Waals surface area contributed by atoms with Gasteiger partial charge in [-0.05, 0) is 22.0 Å². The zero-order valence-corrected chi connectivity index (χ0v) is 9.78. The van der Waals surface area contributed by atoms with Crippen molar-refractivity contribution < 1.29 is 0 Å². The molecule has 2 N–H and O–H groups in total. The van der Waals surface area contributed by atoms with Gasteiger partial charge in [-0.15, -0.1) is 0 Å². The van der Waals surface area contributed by atoms with E-state index in [1.165, 1.54) is 0 Å². The summed E-state index contributed by atoms with van der Waals surface area (Å²) < 4.78 is 0.736. The number of halogens is 1. The van der Waals surface area contributed by atoms with E-state index < -0.39 is 11.2 Å². The summed E-state index contributed by atoms with van der Waals surface area (Å²) in [6.07, 6.45) is 1.56. The molecule has 0 aliphatic carbocycles. The smallest absolute Gasteiger partial charge is 0.290 e. The number of nitrogens with one attached hydrogen (secondary N) is 2. The molecule has 3 aromatic rings. The molecule has 3 heterocycles. The minimum absolute atomic E-state index is 0.0806. The summed E-state index contributed by atoms with van der Waals surface area (Å²) in [6.45, 7) is 0. The Kier molecular flexibility index (Phi) is 2.05. The van der Waals surface area contributed by atoms with Gasteiger partial charge in [0.05, 0.1) is 0 Å². The molecule has 0 unspecified atom stereocenters. The van der Waals surface area contributed by atoms with Crippen molar-refractivity contribution in [3.63, 3.8) is 0 Å². The van der Waals surface area contributed by atoms with E-state index in [4.69, 9.17) is 0 Å². The van der Waals surface area contributed by atoms with Gasteiger partial charge in [0, 0.05) is 10.7 Å². The third kappa shape index (κ3) is 1.62. The minimum Gasteiger partial charge on any atom is -0.290 e. The zero-order chi connectivity index (χ0) is 12.0. The number of pyridine rings is 1. The Morgan fingerprint density at radius 2 is 2.00 bits per heavy atom. The van der Waals surface area contributed by atoms with Crippen LogP contribution in [0.3, 0.4) is 0 Å². The number of H-pyrrole nitrogens is 2. The van der Waals surface area contributed by atoms with Gasteiger partial charge in [-0.25, -0.2) is 19.7 Å². The first kappa shape index (κ1) is 10.1. The van der Waals surface area contributed by atoms with E-state index in [0.717, 1.165) is 4.47 Å². The van der Waals surface area contributed by atoms with Gasteiger partial charge in [0.25, 0.3) is 5.56 Å². The molecule has 0 bridgehead atoms. The molecule has 0 fully saturated rings. The number of fused-ring (bicyclic) bond motifs is 2. The monoisotopic (exact) mass is 293 g/mol. The van der Waals surface area contributed by atoms with Crippen LogP contribution in [0.25, 0.3) is 22.3 Å². The summed E-state index contributed by atoms with van der Waals surface area (Å²) in [4.78, 5) is 39.3. The SMILES string of the molecule is O=c1[nH]c(=O)c2nc3cc(Br)cnc3nc2[nH]1. The molecule has 8 heteroatoms. The molecule has 0 saturated carbocycles. The van der Waals surface area contributed by atoms with Crippen LogP contribution in [-0.2, 0) is 0 Å². The summed E-state index contributed by atoms with van der Waals surface area (Å²) in [7, 11) is 0. The van der Waals surface area contributed by atoms with Gasteiger partial charge < -0.3 is 0 Å². The summed E-state index contributed by atoms with van der Waals surface area (Å²) in [5, 5.41) is 0. The van der Waals surface area contributed by atoms with Gasteiger partial charge in [-0.3, -0.25) is 14.8 Å². The van der Waals surface area contributed by atoms with E-state index >= 15 is 0 Å². The third-order valence-electron chi connectivity index (χ3n) is 2.16. The number of aromatic amines is 2. The fraction of sp³-hybridized carbons (Fsp3) is 0. The van der Waals surface area contributed by atoms with Gasteiger partial charge in [0.15, 0.2) is 16.8 Å². The molecule has 0 radical (unpaired) electrons. The molecular weight excluding hydrogens is 290 g/mol. The molecule has 0 amide bonds. The van der Waals surface area contributed by atoms with Gasteiger partial charge >= 0.3 is 5.69 Å². The Hall–Kier alpha value is -2.09. The van der Waals surface area contributed by atoms with Crippen LogP contribution in [0.5, 0.6) is 0 Å². The fourth-order valence-electron chi connectivity index (χ4n) is 1.47. The third-order valence-corrected chi connectivity index (χ3v) is 2.60. The minimum atomic E-state index is -0.617. The predicted molar refractivity (Wildman–Crippen MR) is 63.8 cm³/mol. The summed E-state index contributed by atoms with van der Waals surface area (Å²) in [5.41, 5.74) is -0.143. The predicted octanol–water partition coefficient (Wildman–Crippen LogP) is 0.317. The molecule has 0 saturated heterocycles. The van der Waals surface area contributed by atoms with Crippen molar-refractivity contribution in [2.45, 2.75) is 0 Å². The molecule has 3 rings (SSSR count). The molecule has 17 heavy (non-hydrogen) atoms. The van der Waals surface area contributed by atoms with Crippen LogP contribution in [0.4, 0.5) is 0 Å². The van der Waals surface area contributed by atoms with Crippen molar-refractivity contribution in [1.82, 2.24) is 24.9 Å². The largest absolute Gasteiger partial charge is 0.327 e. The van der Waals surface area contributed by atoms with E-state index in [2.05, 4.69) is 40.8 Å². The maximum atomic E-state index is 11.5. The average molecular weight is 294 g/mol. The normalized spacial score (nSPS) is 11.1. The lowest BCUT2D eigenvalue weighted by Gasteiger charge is -1.99. The lowest BCUT2D eigenvalue weighted by Crippen LogP contribution is -2.23. The van der Waals surface area contributed by atoms with Crippen LogP contribution in [0, 0.1) is 0 Å². The molecule has 0 aromatic carbocycles. The Morgan fingerprint density at radius 3 is 2.82 bits per heavy atom. The highest BCUT2D eigenvalue weighted by Gasteiger charge is 2.07. The Morgan fingerprint density at radius 1 is 1.18 bits per heavy atom. The summed E-state index contributed by atoms with van der Waals surface area (Å²) >= 11 is 3.25. The van der Waals surface area contributed by atoms with Gasteiger partial charge in [-0.1, -0.05) is 0 Å². The van der Waals surface area contributed by atoms with Gasteiger partial charge in [-0.2, -0.15) is 0 Å². The second kappa shape index (κ2) is 3.45. The van der Waals surface area contributed by atoms with Crippen LogP contribution in [0.15, 0.2) is 26.3 Å². The van der Waals surface area contributed by atoms with Crippen molar-refractivity contribution in [2.24, 2.45) is 0 Å². The first-order valence-corrected chi connectivity index (χ1v) is 5.38. The Balaban J connectivity index is 2.56. The molecular formula is C9H4BrN5O2. The molecule has 0 aliphatic heterocycles. The molecule has 0 atom stereocenters. The maximum absolute atomic E-state index is 11.5. The average Bonchev–Trinajstić information content (AvgIpc) is 2.27. The molecule has 0 spiro atoms. The highest BCUT2D eigenvalue weighted by Crippen LogP contribution is 2.14. The van der Waals surface area contributed by atoms with Crippen molar-refractivity contribution in [3.8, 4) is 0 Å². The quantitative estimate of drug-likeness (QED) is 0.581. The standard InChI is InChI=1S/C9H4BrN5O2/c10-3-1-4-6(11-2-3)13-7-5(12-4)8(16)15-9(17)14-7/h1-2H,(H2,11,13,14,15,16,17). The highest BCUT2D eigenvalue weighted by atomic mass is 79.9. The lowest BCUT2D eigenvalue weighted by atomic mass is 10.4. The van der Waals surface area contributed by atoms with Crippen LogP contribution in [0.2, 0.25) is 0 Å². The van der Waals surface area contributed by atoms with Crippen LogP contribution < -0.4 is 11.2 Å². The number of rotatable bonds is 0. The highest BCUT2D eigenvalue weighted by molar-refractivity contribution is 9.10. The summed E-state index contributed by atoms with van der Waals surface area (Å²) in [5.74, 6) is 0. The van der Waals surface area contributed by atoms with E-state index in [1.54, 1.807) is 12.3 Å². The van der Waals surface area contributed by atoms with E-state index in [1.807, 2.05) is 0 Å². The van der Waals surface area contributed by atoms with Gasteiger partial charge in [0.1, 0.15) is 5.52 Å². The van der Waals surface area contributed by atoms with Crippen molar-refractivity contribution in [3.05, 3.63) is 37.6 Å². The first-order chi connectivity index (χ1) is 8.13. The lowest BCUT2D eigenvalue weighted by molar-refractivity contribution is 1.05. The van der Waals surface area contributed by atoms with Crippen molar-refractivity contribution in [1.29, 1.82) is 0 Å². The maximum Gasteiger partial charge on any atom is 0.327 e. The topological polar surface area (TPSA) is 104 Å². The Bertz CT molecular complexity index is 853. The molecule has 3 aromatic heterocycles. The number of nitrogens with zero attached hydrogens (tertiary/aromatic N) is 3. The van der Waals surface area contributed by atoms with Crippen LogP contribution in [-0.4, -0.2) is 24.9 Å². The van der Waals surface area contributed by atoms with E-state index in [-0.39, 0.29) is 11.2 Å². The molecule has 84 valence electrons. The van der Waals surface area contributed by atoms with Crippen LogP contribution >= 0.6 is 15.9 Å². The van der Waals surface area contributed by atoms with Crippen molar-refractivity contribution in [2.75, 3.05) is 0 Å². The summed E-state index contributed by atoms with van der Waals surface area (Å²) in [6, 6.07) is 1.69. The first-order valence-electron chi connectivity index (χ1n) is 4.59. The number of aromatic nitrogens is 5. The van der Waals surface area contributed by atoms with Crippen LogP contribution in [0.1, 0.15) is 0 Å². The molecule has 0 aliphatic rings. The van der Waals surface area contributed by atoms with Gasteiger partial charge in [0.2, 0.25) is 0 Å². The number of hydrogen-bond acceptors (Lipinski definition) is 5. The Labute approximate surface area is 101 Å². The van der Waals surface area contributed by atoms with Crippen molar-refractivity contribution >= 4 is 38.3 Å². The second-order valence-corrected chi connectivity index (χ2v) is 4.24. The van der Waals surface area contributed by atoms with E-state index in [0.29, 0.717) is 11.2 Å². The fourth-order valence-corrected chi connectivity index (χ4v) is 1.79. The van der Waals surface area contributed by atoms with E-state index in [9.17, 15) is 9.59 Å². The second-order valence-electron chi connectivity index (χ2n) is 3.33. The zero-order valence-electron chi connectivity index (χ0n) is 8.19. The molecule has 7 nitrogen and oxygen atoms in total.